The van der Waals surface area contributed by atoms with Gasteiger partial charge >= 0.3 is 5.63 Å². The topological polar surface area (TPSA) is 63.0 Å². The van der Waals surface area contributed by atoms with Gasteiger partial charge in [-0.15, -0.1) is 0 Å². The van der Waals surface area contributed by atoms with Crippen LogP contribution in [-0.4, -0.2) is 54.0 Å². The minimum Gasteiger partial charge on any atom is -0.482 e. The van der Waals surface area contributed by atoms with Crippen molar-refractivity contribution >= 4 is 28.5 Å². The van der Waals surface area contributed by atoms with E-state index in [1.165, 1.54) is 43.9 Å². The van der Waals surface area contributed by atoms with Crippen LogP contribution in [0.5, 0.6) is 5.75 Å². The van der Waals surface area contributed by atoms with Crippen LogP contribution in [0.15, 0.2) is 39.1 Å². The number of carbonyl (C=O) groups is 1. The summed E-state index contributed by atoms with van der Waals surface area (Å²) in [4.78, 5) is 29.9. The van der Waals surface area contributed by atoms with Gasteiger partial charge in [-0.3, -0.25) is 9.69 Å². The number of carbonyl (C=O) groups excluding carboxylic acids is 1. The van der Waals surface area contributed by atoms with Crippen molar-refractivity contribution in [1.82, 2.24) is 9.80 Å². The van der Waals surface area contributed by atoms with Crippen LogP contribution in [0.1, 0.15) is 44.1 Å². The Bertz CT molecular complexity index is 1220. The van der Waals surface area contributed by atoms with Crippen molar-refractivity contribution in [3.05, 3.63) is 50.9 Å². The van der Waals surface area contributed by atoms with E-state index in [9.17, 15) is 9.59 Å². The number of piperidine rings is 3. The summed E-state index contributed by atoms with van der Waals surface area (Å²) < 4.78 is 11.2. The molecule has 0 saturated carbocycles. The highest BCUT2D eigenvalue weighted by Gasteiger charge is 2.46. The fourth-order valence-corrected chi connectivity index (χ4v) is 7.12. The summed E-state index contributed by atoms with van der Waals surface area (Å²) in [5.41, 5.74) is 2.26. The van der Waals surface area contributed by atoms with E-state index in [4.69, 9.17) is 20.8 Å². The molecule has 4 heterocycles. The second kappa shape index (κ2) is 8.72. The Kier molecular flexibility index (Phi) is 5.69. The molecule has 0 N–H and O–H groups in total. The van der Waals surface area contributed by atoms with Crippen molar-refractivity contribution in [1.29, 1.82) is 0 Å². The molecule has 0 unspecified atom stereocenters. The first-order chi connectivity index (χ1) is 16.5. The van der Waals surface area contributed by atoms with Gasteiger partial charge in [-0.05, 0) is 69.0 Å². The van der Waals surface area contributed by atoms with Crippen molar-refractivity contribution in [3.63, 3.8) is 0 Å². The third kappa shape index (κ3) is 3.85. The van der Waals surface area contributed by atoms with Gasteiger partial charge in [-0.2, -0.15) is 0 Å². The normalized spacial score (nSPS) is 28.8. The van der Waals surface area contributed by atoms with Crippen LogP contribution in [0.25, 0.3) is 11.0 Å². The zero-order valence-electron chi connectivity index (χ0n) is 19.6. The highest BCUT2D eigenvalue weighted by Crippen LogP contribution is 2.45. The SMILES string of the molecule is Cc1cc(=O)oc2cc(OCC(=O)N3CCCC4=C[C@H]5C[C@H](CN6CCCC[C@H]56)[C@@H]43)c(Cl)cc12. The summed E-state index contributed by atoms with van der Waals surface area (Å²) in [6.45, 7) is 4.83. The van der Waals surface area contributed by atoms with Crippen molar-refractivity contribution in [2.75, 3.05) is 26.2 Å². The van der Waals surface area contributed by atoms with Gasteiger partial charge in [0, 0.05) is 36.7 Å². The molecule has 3 saturated heterocycles. The predicted molar refractivity (Wildman–Crippen MR) is 131 cm³/mol. The number of benzene rings is 1. The summed E-state index contributed by atoms with van der Waals surface area (Å²) in [5, 5.41) is 1.17. The van der Waals surface area contributed by atoms with E-state index in [2.05, 4.69) is 15.9 Å². The molecule has 1 aliphatic carbocycles. The average Bonchev–Trinajstić information content (AvgIpc) is 2.83. The molecular formula is C27H31ClN2O4. The minimum absolute atomic E-state index is 0.00308. The van der Waals surface area contributed by atoms with Crippen LogP contribution >= 0.6 is 11.6 Å². The number of halogens is 1. The van der Waals surface area contributed by atoms with Crippen LogP contribution in [0.2, 0.25) is 5.02 Å². The largest absolute Gasteiger partial charge is 0.482 e. The van der Waals surface area contributed by atoms with Crippen molar-refractivity contribution in [3.8, 4) is 5.75 Å². The number of amides is 1. The molecule has 1 aromatic heterocycles. The lowest BCUT2D eigenvalue weighted by Crippen LogP contribution is -2.60. The fraction of sp³-hybridized carbons (Fsp3) is 0.556. The highest BCUT2D eigenvalue weighted by molar-refractivity contribution is 6.32. The smallest absolute Gasteiger partial charge is 0.336 e. The second-order valence-corrected chi connectivity index (χ2v) is 10.8. The summed E-state index contributed by atoms with van der Waals surface area (Å²) in [7, 11) is 0. The van der Waals surface area contributed by atoms with Crippen LogP contribution in [0, 0.1) is 18.8 Å². The third-order valence-corrected chi connectivity index (χ3v) is 8.63. The van der Waals surface area contributed by atoms with E-state index >= 15 is 0 Å². The molecule has 0 spiro atoms. The summed E-state index contributed by atoms with van der Waals surface area (Å²) in [5.74, 6) is 1.51. The Balaban J connectivity index is 1.21. The first-order valence-corrected chi connectivity index (χ1v) is 13.0. The fourth-order valence-electron chi connectivity index (χ4n) is 6.91. The van der Waals surface area contributed by atoms with Crippen molar-refractivity contribution < 1.29 is 13.9 Å². The molecule has 3 fully saturated rings. The van der Waals surface area contributed by atoms with Gasteiger partial charge in [-0.1, -0.05) is 29.7 Å². The van der Waals surface area contributed by atoms with Crippen LogP contribution in [-0.2, 0) is 4.79 Å². The second-order valence-electron chi connectivity index (χ2n) is 10.4. The molecular weight excluding hydrogens is 452 g/mol. The molecule has 4 atom stereocenters. The zero-order valence-corrected chi connectivity index (χ0v) is 20.4. The van der Waals surface area contributed by atoms with Gasteiger partial charge in [-0.25, -0.2) is 4.79 Å². The van der Waals surface area contributed by atoms with Gasteiger partial charge in [0.15, 0.2) is 6.61 Å². The number of aryl methyl sites for hydroxylation is 1. The standard InChI is InChI=1S/C27H31ClN2O4/c1-16-9-26(32)34-23-13-24(21(28)12-20(16)23)33-15-25(31)30-8-4-5-17-10-18-11-19(27(17)30)14-29-7-3-2-6-22(18)29/h9-10,12-13,18-19,22,27H,2-8,11,14-15H2,1H3/t18-,19+,22+,27+/m0/s1. The van der Waals surface area contributed by atoms with Gasteiger partial charge < -0.3 is 14.1 Å². The Morgan fingerprint density at radius 1 is 1.21 bits per heavy atom. The van der Waals surface area contributed by atoms with E-state index in [-0.39, 0.29) is 18.6 Å². The highest BCUT2D eigenvalue weighted by atomic mass is 35.5. The molecule has 7 heteroatoms. The Labute approximate surface area is 204 Å². The molecule has 1 amide bonds. The quantitative estimate of drug-likeness (QED) is 0.474. The molecule has 3 aliphatic heterocycles. The predicted octanol–water partition coefficient (Wildman–Crippen LogP) is 4.56. The number of likely N-dealkylation sites (tertiary alicyclic amines) is 1. The zero-order chi connectivity index (χ0) is 23.4. The maximum atomic E-state index is 13.4. The summed E-state index contributed by atoms with van der Waals surface area (Å²) in [6.07, 6.45) is 9.77. The number of rotatable bonds is 3. The van der Waals surface area contributed by atoms with E-state index in [1.807, 2.05) is 6.92 Å². The molecule has 180 valence electrons. The Hall–Kier alpha value is -2.31. The first kappa shape index (κ1) is 22.2. The van der Waals surface area contributed by atoms with Gasteiger partial charge in [0.1, 0.15) is 11.3 Å². The van der Waals surface area contributed by atoms with E-state index < -0.39 is 5.63 Å². The lowest BCUT2D eigenvalue weighted by Gasteiger charge is -2.54. The Morgan fingerprint density at radius 2 is 2.09 bits per heavy atom. The number of hydrogen-bond acceptors (Lipinski definition) is 5. The molecule has 34 heavy (non-hydrogen) atoms. The maximum absolute atomic E-state index is 13.4. The van der Waals surface area contributed by atoms with Gasteiger partial charge in [0.2, 0.25) is 0 Å². The minimum atomic E-state index is -0.416. The number of fused-ring (bicyclic) bond motifs is 7. The molecule has 1 aromatic carbocycles. The number of ether oxygens (including phenoxy) is 1. The average molecular weight is 483 g/mol. The monoisotopic (exact) mass is 482 g/mol. The number of hydrogen-bond donors (Lipinski definition) is 0. The molecule has 2 bridgehead atoms. The summed E-state index contributed by atoms with van der Waals surface area (Å²) in [6, 6.07) is 5.68. The van der Waals surface area contributed by atoms with Crippen molar-refractivity contribution in [2.45, 2.75) is 57.5 Å². The van der Waals surface area contributed by atoms with Crippen LogP contribution < -0.4 is 10.4 Å². The number of nitrogens with zero attached hydrogens (tertiary/aromatic N) is 2. The molecule has 6 rings (SSSR count). The Morgan fingerprint density at radius 3 is 2.97 bits per heavy atom. The third-order valence-electron chi connectivity index (χ3n) is 8.33. The van der Waals surface area contributed by atoms with E-state index in [1.54, 1.807) is 12.1 Å². The molecule has 2 aromatic rings. The molecule has 0 radical (unpaired) electrons. The van der Waals surface area contributed by atoms with Crippen LogP contribution in [0.4, 0.5) is 0 Å². The van der Waals surface area contributed by atoms with E-state index in [0.29, 0.717) is 34.2 Å². The summed E-state index contributed by atoms with van der Waals surface area (Å²) >= 11 is 6.44. The van der Waals surface area contributed by atoms with Crippen LogP contribution in [0.3, 0.4) is 0 Å². The maximum Gasteiger partial charge on any atom is 0.336 e. The lowest BCUT2D eigenvalue weighted by atomic mass is 9.68. The van der Waals surface area contributed by atoms with Crippen molar-refractivity contribution in [2.24, 2.45) is 11.8 Å². The van der Waals surface area contributed by atoms with Gasteiger partial charge in [0.25, 0.3) is 5.91 Å². The molecule has 6 nitrogen and oxygen atoms in total. The lowest BCUT2D eigenvalue weighted by molar-refractivity contribution is -0.138. The van der Waals surface area contributed by atoms with Gasteiger partial charge in [0.05, 0.1) is 11.1 Å². The van der Waals surface area contributed by atoms with E-state index in [0.717, 1.165) is 36.9 Å². The first-order valence-electron chi connectivity index (χ1n) is 12.6. The molecule has 4 aliphatic rings.